The van der Waals surface area contributed by atoms with Crippen molar-refractivity contribution in [3.63, 3.8) is 0 Å². The zero-order valence-electron chi connectivity index (χ0n) is 12.0. The number of hydrogen-bond donors (Lipinski definition) is 1. The molecule has 3 rings (SSSR count). The van der Waals surface area contributed by atoms with Crippen LogP contribution < -0.4 is 5.32 Å². The lowest BCUT2D eigenvalue weighted by Gasteiger charge is -2.38. The van der Waals surface area contributed by atoms with Crippen molar-refractivity contribution in [2.75, 3.05) is 0 Å². The molecule has 1 nitrogen and oxygen atoms in total. The maximum Gasteiger partial charge on any atom is 0.126 e. The summed E-state index contributed by atoms with van der Waals surface area (Å²) >= 11 is 3.51. The van der Waals surface area contributed by atoms with Crippen molar-refractivity contribution in [3.05, 3.63) is 69.9 Å². The first-order chi connectivity index (χ1) is 10.1. The average Bonchev–Trinajstić information content (AvgIpc) is 2.43. The molecule has 1 fully saturated rings. The van der Waals surface area contributed by atoms with Crippen LogP contribution in [0.1, 0.15) is 42.9 Å². The van der Waals surface area contributed by atoms with Crippen LogP contribution in [0.25, 0.3) is 0 Å². The standard InChI is InChI=1S/C18H19BrFN/c1-12(13-5-4-6-15(19)9-13)21-16-10-14(11-16)17-7-2-3-8-18(17)20/h2-9,12,14,16,21H,10-11H2,1H3/t12-,14?,16?/m0/s1. The van der Waals surface area contributed by atoms with E-state index < -0.39 is 0 Å². The summed E-state index contributed by atoms with van der Waals surface area (Å²) in [5, 5.41) is 3.64. The molecule has 1 aliphatic rings. The van der Waals surface area contributed by atoms with Crippen LogP contribution in [0, 0.1) is 5.82 Å². The Labute approximate surface area is 133 Å². The fourth-order valence-corrected chi connectivity index (χ4v) is 3.46. The third-order valence-corrected chi connectivity index (χ3v) is 4.81. The first-order valence-corrected chi connectivity index (χ1v) is 8.18. The van der Waals surface area contributed by atoms with Crippen molar-refractivity contribution in [2.45, 2.75) is 37.8 Å². The van der Waals surface area contributed by atoms with Gasteiger partial charge in [0.1, 0.15) is 5.82 Å². The van der Waals surface area contributed by atoms with Crippen LogP contribution >= 0.6 is 15.9 Å². The monoisotopic (exact) mass is 347 g/mol. The Bertz CT molecular complexity index is 622. The van der Waals surface area contributed by atoms with Gasteiger partial charge in [0, 0.05) is 16.6 Å². The minimum atomic E-state index is -0.0685. The number of rotatable bonds is 4. The Hall–Kier alpha value is -1.19. The molecule has 0 amide bonds. The molecule has 0 saturated heterocycles. The molecule has 0 radical (unpaired) electrons. The molecule has 0 aromatic heterocycles. The smallest absolute Gasteiger partial charge is 0.126 e. The van der Waals surface area contributed by atoms with E-state index in [1.807, 2.05) is 18.2 Å². The molecule has 110 valence electrons. The van der Waals surface area contributed by atoms with E-state index in [9.17, 15) is 4.39 Å². The fourth-order valence-electron chi connectivity index (χ4n) is 3.04. The quantitative estimate of drug-likeness (QED) is 0.802. The number of hydrogen-bond acceptors (Lipinski definition) is 1. The maximum absolute atomic E-state index is 13.7. The molecule has 1 N–H and O–H groups in total. The van der Waals surface area contributed by atoms with Crippen LogP contribution in [0.2, 0.25) is 0 Å². The average molecular weight is 348 g/mol. The first kappa shape index (κ1) is 14.7. The summed E-state index contributed by atoms with van der Waals surface area (Å²) in [6, 6.07) is 16.3. The van der Waals surface area contributed by atoms with E-state index in [4.69, 9.17) is 0 Å². The topological polar surface area (TPSA) is 12.0 Å². The highest BCUT2D eigenvalue weighted by Gasteiger charge is 2.32. The molecule has 0 bridgehead atoms. The molecule has 2 aromatic carbocycles. The van der Waals surface area contributed by atoms with E-state index in [-0.39, 0.29) is 5.82 Å². The fraction of sp³-hybridized carbons (Fsp3) is 0.333. The van der Waals surface area contributed by atoms with Gasteiger partial charge in [-0.05, 0) is 55.0 Å². The highest BCUT2D eigenvalue weighted by molar-refractivity contribution is 9.10. The maximum atomic E-state index is 13.7. The van der Waals surface area contributed by atoms with Crippen molar-refractivity contribution in [3.8, 4) is 0 Å². The molecule has 2 aromatic rings. The third-order valence-electron chi connectivity index (χ3n) is 4.32. The summed E-state index contributed by atoms with van der Waals surface area (Å²) in [4.78, 5) is 0. The van der Waals surface area contributed by atoms with Gasteiger partial charge in [0.05, 0.1) is 0 Å². The van der Waals surface area contributed by atoms with Crippen LogP contribution in [0.4, 0.5) is 4.39 Å². The van der Waals surface area contributed by atoms with Gasteiger partial charge in [-0.15, -0.1) is 0 Å². The first-order valence-electron chi connectivity index (χ1n) is 7.39. The van der Waals surface area contributed by atoms with Crippen LogP contribution in [0.5, 0.6) is 0 Å². The minimum absolute atomic E-state index is 0.0685. The van der Waals surface area contributed by atoms with E-state index in [0.29, 0.717) is 18.0 Å². The molecule has 1 atom stereocenters. The van der Waals surface area contributed by atoms with Gasteiger partial charge in [-0.3, -0.25) is 0 Å². The zero-order valence-corrected chi connectivity index (χ0v) is 13.6. The van der Waals surface area contributed by atoms with Crippen molar-refractivity contribution < 1.29 is 4.39 Å². The SMILES string of the molecule is C[C@H](NC1CC(c2ccccc2F)C1)c1cccc(Br)c1. The van der Waals surface area contributed by atoms with Gasteiger partial charge in [-0.2, -0.15) is 0 Å². The molecular formula is C18H19BrFN. The molecule has 3 heteroatoms. The second kappa shape index (κ2) is 6.29. The number of nitrogens with one attached hydrogen (secondary N) is 1. The van der Waals surface area contributed by atoms with E-state index in [2.05, 4.69) is 46.4 Å². The van der Waals surface area contributed by atoms with Gasteiger partial charge in [0.25, 0.3) is 0 Å². The predicted molar refractivity (Wildman–Crippen MR) is 87.9 cm³/mol. The van der Waals surface area contributed by atoms with E-state index >= 15 is 0 Å². The normalized spacial score (nSPS) is 22.6. The summed E-state index contributed by atoms with van der Waals surface area (Å²) in [6.07, 6.45) is 2.03. The summed E-state index contributed by atoms with van der Waals surface area (Å²) in [5.41, 5.74) is 2.14. The largest absolute Gasteiger partial charge is 0.307 e. The predicted octanol–water partition coefficient (Wildman–Crippen LogP) is 5.19. The lowest BCUT2D eigenvalue weighted by molar-refractivity contribution is 0.266. The Morgan fingerprint density at radius 2 is 1.90 bits per heavy atom. The second-order valence-electron chi connectivity index (χ2n) is 5.83. The number of halogens is 2. The lowest BCUT2D eigenvalue weighted by atomic mass is 9.75. The van der Waals surface area contributed by atoms with Crippen molar-refractivity contribution in [1.82, 2.24) is 5.32 Å². The van der Waals surface area contributed by atoms with Gasteiger partial charge in [0.2, 0.25) is 0 Å². The summed E-state index contributed by atoms with van der Waals surface area (Å²) in [5.74, 6) is 0.291. The molecule has 0 heterocycles. The minimum Gasteiger partial charge on any atom is -0.307 e. The van der Waals surface area contributed by atoms with E-state index in [1.54, 1.807) is 12.1 Å². The Kier molecular flexibility index (Phi) is 4.41. The number of benzene rings is 2. The highest BCUT2D eigenvalue weighted by Crippen LogP contribution is 2.39. The highest BCUT2D eigenvalue weighted by atomic mass is 79.9. The molecule has 0 aliphatic heterocycles. The summed E-state index contributed by atoms with van der Waals surface area (Å²) < 4.78 is 14.8. The van der Waals surface area contributed by atoms with Gasteiger partial charge >= 0.3 is 0 Å². The molecule has 1 aliphatic carbocycles. The van der Waals surface area contributed by atoms with Crippen LogP contribution in [-0.2, 0) is 0 Å². The summed E-state index contributed by atoms with van der Waals surface area (Å²) in [6.45, 7) is 2.18. The van der Waals surface area contributed by atoms with E-state index in [1.165, 1.54) is 5.56 Å². The van der Waals surface area contributed by atoms with E-state index in [0.717, 1.165) is 22.9 Å². The third kappa shape index (κ3) is 3.35. The van der Waals surface area contributed by atoms with Crippen molar-refractivity contribution >= 4 is 15.9 Å². The van der Waals surface area contributed by atoms with Gasteiger partial charge in [-0.1, -0.05) is 46.3 Å². The molecule has 0 spiro atoms. The molecule has 21 heavy (non-hydrogen) atoms. The van der Waals surface area contributed by atoms with Crippen molar-refractivity contribution in [2.24, 2.45) is 0 Å². The molecule has 1 saturated carbocycles. The van der Waals surface area contributed by atoms with Crippen LogP contribution in [0.15, 0.2) is 53.0 Å². The van der Waals surface area contributed by atoms with Gasteiger partial charge in [0.15, 0.2) is 0 Å². The van der Waals surface area contributed by atoms with Gasteiger partial charge in [-0.25, -0.2) is 4.39 Å². The van der Waals surface area contributed by atoms with Crippen LogP contribution in [-0.4, -0.2) is 6.04 Å². The molecule has 0 unspecified atom stereocenters. The zero-order chi connectivity index (χ0) is 14.8. The van der Waals surface area contributed by atoms with Crippen molar-refractivity contribution in [1.29, 1.82) is 0 Å². The summed E-state index contributed by atoms with van der Waals surface area (Å²) in [7, 11) is 0. The Balaban J connectivity index is 1.56. The second-order valence-corrected chi connectivity index (χ2v) is 6.75. The van der Waals surface area contributed by atoms with Gasteiger partial charge < -0.3 is 5.32 Å². The molecular weight excluding hydrogens is 329 g/mol. The Morgan fingerprint density at radius 3 is 2.62 bits per heavy atom. The Morgan fingerprint density at radius 1 is 1.14 bits per heavy atom. The van der Waals surface area contributed by atoms with Crippen LogP contribution in [0.3, 0.4) is 0 Å². The lowest BCUT2D eigenvalue weighted by Crippen LogP contribution is -2.41.